The molecule has 1 rings (SSSR count). The standard InChI is InChI=1S/C7H13N3O4/c8-9-7(5(11)12)1-3-10(4-2-7)6(13)14/h9H,1-4,8H2,(H,11,12)(H,13,14). The van der Waals surface area contributed by atoms with E-state index in [2.05, 4.69) is 5.43 Å². The Morgan fingerprint density at radius 2 is 1.79 bits per heavy atom. The van der Waals surface area contributed by atoms with E-state index < -0.39 is 17.6 Å². The van der Waals surface area contributed by atoms with Crippen molar-refractivity contribution in [2.75, 3.05) is 13.1 Å². The van der Waals surface area contributed by atoms with Crippen molar-refractivity contribution in [3.63, 3.8) is 0 Å². The summed E-state index contributed by atoms with van der Waals surface area (Å²) in [5.41, 5.74) is 1.08. The second kappa shape index (κ2) is 3.81. The molecule has 1 aliphatic heterocycles. The van der Waals surface area contributed by atoms with Gasteiger partial charge in [0.1, 0.15) is 5.54 Å². The van der Waals surface area contributed by atoms with Crippen LogP contribution in [0.3, 0.4) is 0 Å². The zero-order valence-corrected chi connectivity index (χ0v) is 7.56. The molecule has 0 atom stereocenters. The zero-order valence-electron chi connectivity index (χ0n) is 7.56. The fourth-order valence-electron chi connectivity index (χ4n) is 1.50. The molecule has 5 N–H and O–H groups in total. The van der Waals surface area contributed by atoms with E-state index in [-0.39, 0.29) is 25.9 Å². The van der Waals surface area contributed by atoms with E-state index in [1.165, 1.54) is 4.90 Å². The summed E-state index contributed by atoms with van der Waals surface area (Å²) in [6, 6.07) is 0. The highest BCUT2D eigenvalue weighted by atomic mass is 16.4. The summed E-state index contributed by atoms with van der Waals surface area (Å²) in [6.45, 7) is 0.373. The van der Waals surface area contributed by atoms with Gasteiger partial charge in [-0.15, -0.1) is 0 Å². The number of amides is 1. The summed E-state index contributed by atoms with van der Waals surface area (Å²) in [4.78, 5) is 22.6. The molecule has 1 amide bonds. The molecule has 0 aromatic carbocycles. The van der Waals surface area contributed by atoms with Gasteiger partial charge in [0, 0.05) is 13.1 Å². The van der Waals surface area contributed by atoms with Crippen LogP contribution in [0.5, 0.6) is 0 Å². The Morgan fingerprint density at radius 3 is 2.07 bits per heavy atom. The summed E-state index contributed by atoms with van der Waals surface area (Å²) >= 11 is 0. The number of hydrogen-bond acceptors (Lipinski definition) is 4. The Hall–Kier alpha value is -1.34. The monoisotopic (exact) mass is 203 g/mol. The molecular formula is C7H13N3O4. The van der Waals surface area contributed by atoms with Gasteiger partial charge in [-0.05, 0) is 12.8 Å². The van der Waals surface area contributed by atoms with Crippen molar-refractivity contribution in [3.8, 4) is 0 Å². The van der Waals surface area contributed by atoms with Gasteiger partial charge in [0.25, 0.3) is 0 Å². The first-order chi connectivity index (χ1) is 6.52. The smallest absolute Gasteiger partial charge is 0.407 e. The van der Waals surface area contributed by atoms with Gasteiger partial charge in [-0.2, -0.15) is 0 Å². The number of hydrogen-bond donors (Lipinski definition) is 4. The number of piperidine rings is 1. The van der Waals surface area contributed by atoms with Crippen LogP contribution in [-0.2, 0) is 4.79 Å². The zero-order chi connectivity index (χ0) is 10.8. The molecule has 14 heavy (non-hydrogen) atoms. The SMILES string of the molecule is NNC1(C(=O)O)CCN(C(=O)O)CC1. The van der Waals surface area contributed by atoms with Crippen molar-refractivity contribution >= 4 is 12.1 Å². The number of carbonyl (C=O) groups is 2. The molecular weight excluding hydrogens is 190 g/mol. The minimum Gasteiger partial charge on any atom is -0.480 e. The van der Waals surface area contributed by atoms with Crippen molar-refractivity contribution in [2.24, 2.45) is 5.84 Å². The van der Waals surface area contributed by atoms with Gasteiger partial charge in [-0.1, -0.05) is 0 Å². The van der Waals surface area contributed by atoms with Crippen LogP contribution in [0.15, 0.2) is 0 Å². The lowest BCUT2D eigenvalue weighted by Gasteiger charge is -2.36. The average molecular weight is 203 g/mol. The Labute approximate surface area is 80.5 Å². The molecule has 80 valence electrons. The molecule has 1 aliphatic rings. The van der Waals surface area contributed by atoms with Gasteiger partial charge in [-0.3, -0.25) is 10.6 Å². The summed E-state index contributed by atoms with van der Waals surface area (Å²) in [6.07, 6.45) is -0.656. The summed E-state index contributed by atoms with van der Waals surface area (Å²) < 4.78 is 0. The molecule has 0 aromatic heterocycles. The minimum absolute atomic E-state index is 0.186. The Kier molecular flexibility index (Phi) is 2.92. The van der Waals surface area contributed by atoms with Crippen molar-refractivity contribution in [3.05, 3.63) is 0 Å². The third kappa shape index (κ3) is 1.78. The quantitative estimate of drug-likeness (QED) is 0.339. The van der Waals surface area contributed by atoms with E-state index >= 15 is 0 Å². The number of rotatable bonds is 2. The number of carboxylic acids is 1. The summed E-state index contributed by atoms with van der Waals surface area (Å²) in [7, 11) is 0. The summed E-state index contributed by atoms with van der Waals surface area (Å²) in [5.74, 6) is 4.13. The van der Waals surface area contributed by atoms with Gasteiger partial charge in [0.05, 0.1) is 0 Å². The van der Waals surface area contributed by atoms with Crippen LogP contribution in [0.25, 0.3) is 0 Å². The maximum absolute atomic E-state index is 10.9. The van der Waals surface area contributed by atoms with Crippen molar-refractivity contribution in [1.82, 2.24) is 10.3 Å². The predicted octanol–water partition coefficient (Wildman–Crippen LogP) is -0.953. The molecule has 0 aliphatic carbocycles. The lowest BCUT2D eigenvalue weighted by molar-refractivity contribution is -0.147. The molecule has 0 bridgehead atoms. The molecule has 7 nitrogen and oxygen atoms in total. The lowest BCUT2D eigenvalue weighted by atomic mass is 9.88. The van der Waals surface area contributed by atoms with Crippen molar-refractivity contribution < 1.29 is 19.8 Å². The lowest BCUT2D eigenvalue weighted by Crippen LogP contribution is -2.61. The van der Waals surface area contributed by atoms with Gasteiger partial charge in [0.2, 0.25) is 0 Å². The molecule has 0 saturated carbocycles. The third-order valence-corrected chi connectivity index (χ3v) is 2.57. The van der Waals surface area contributed by atoms with Crippen molar-refractivity contribution in [1.29, 1.82) is 0 Å². The fraction of sp³-hybridized carbons (Fsp3) is 0.714. The van der Waals surface area contributed by atoms with Crippen LogP contribution >= 0.6 is 0 Å². The molecule has 1 fully saturated rings. The van der Waals surface area contributed by atoms with E-state index in [1.807, 2.05) is 0 Å². The predicted molar refractivity (Wildman–Crippen MR) is 46.5 cm³/mol. The number of carboxylic acid groups (broad SMARTS) is 2. The van der Waals surface area contributed by atoms with Gasteiger partial charge >= 0.3 is 12.1 Å². The minimum atomic E-state index is -1.17. The molecule has 7 heteroatoms. The molecule has 0 aromatic rings. The second-order valence-electron chi connectivity index (χ2n) is 3.30. The Bertz CT molecular complexity index is 247. The van der Waals surface area contributed by atoms with Crippen molar-refractivity contribution in [2.45, 2.75) is 18.4 Å². The third-order valence-electron chi connectivity index (χ3n) is 2.57. The topological polar surface area (TPSA) is 116 Å². The number of aliphatic carboxylic acids is 1. The van der Waals surface area contributed by atoms with Gasteiger partial charge in [-0.25, -0.2) is 10.2 Å². The Morgan fingerprint density at radius 1 is 1.29 bits per heavy atom. The maximum atomic E-state index is 10.9. The van der Waals surface area contributed by atoms with E-state index in [9.17, 15) is 9.59 Å². The van der Waals surface area contributed by atoms with Crippen LogP contribution in [0.1, 0.15) is 12.8 Å². The highest BCUT2D eigenvalue weighted by Crippen LogP contribution is 2.21. The van der Waals surface area contributed by atoms with Crippen LogP contribution in [0, 0.1) is 0 Å². The van der Waals surface area contributed by atoms with Gasteiger partial charge in [0.15, 0.2) is 0 Å². The van der Waals surface area contributed by atoms with E-state index in [0.717, 1.165) is 0 Å². The normalized spacial score (nSPS) is 20.5. The average Bonchev–Trinajstić information content (AvgIpc) is 2.17. The number of nitrogens with two attached hydrogens (primary N) is 1. The highest BCUT2D eigenvalue weighted by Gasteiger charge is 2.41. The second-order valence-corrected chi connectivity index (χ2v) is 3.30. The number of likely N-dealkylation sites (tertiary alicyclic amines) is 1. The van der Waals surface area contributed by atoms with Crippen LogP contribution in [-0.4, -0.2) is 45.8 Å². The molecule has 0 spiro atoms. The summed E-state index contributed by atoms with van der Waals surface area (Å²) in [5, 5.41) is 17.6. The molecule has 1 saturated heterocycles. The maximum Gasteiger partial charge on any atom is 0.407 e. The largest absolute Gasteiger partial charge is 0.480 e. The van der Waals surface area contributed by atoms with Gasteiger partial charge < -0.3 is 15.1 Å². The first-order valence-corrected chi connectivity index (χ1v) is 4.21. The number of hydrazine groups is 1. The molecule has 0 unspecified atom stereocenters. The Balaban J connectivity index is 2.64. The fourth-order valence-corrected chi connectivity index (χ4v) is 1.50. The highest BCUT2D eigenvalue weighted by molar-refractivity contribution is 5.79. The molecule has 0 radical (unpaired) electrons. The van der Waals surface area contributed by atoms with E-state index in [4.69, 9.17) is 16.1 Å². The first kappa shape index (κ1) is 10.7. The first-order valence-electron chi connectivity index (χ1n) is 4.21. The van der Waals surface area contributed by atoms with Crippen LogP contribution < -0.4 is 11.3 Å². The van der Waals surface area contributed by atoms with Crippen LogP contribution in [0.4, 0.5) is 4.79 Å². The number of nitrogens with zero attached hydrogens (tertiary/aromatic N) is 1. The van der Waals surface area contributed by atoms with E-state index in [1.54, 1.807) is 0 Å². The number of nitrogens with one attached hydrogen (secondary N) is 1. The van der Waals surface area contributed by atoms with Crippen LogP contribution in [0.2, 0.25) is 0 Å². The van der Waals surface area contributed by atoms with E-state index in [0.29, 0.717) is 0 Å². The molecule has 1 heterocycles.